The van der Waals surface area contributed by atoms with E-state index in [2.05, 4.69) is 22.0 Å². The predicted molar refractivity (Wildman–Crippen MR) is 87.2 cm³/mol. The van der Waals surface area contributed by atoms with Crippen molar-refractivity contribution in [3.63, 3.8) is 0 Å². The largest absolute Gasteiger partial charge is 0.383 e. The van der Waals surface area contributed by atoms with Gasteiger partial charge in [-0.2, -0.15) is 0 Å². The lowest BCUT2D eigenvalue weighted by molar-refractivity contribution is 0.0342. The summed E-state index contributed by atoms with van der Waals surface area (Å²) in [5.74, 6) is 0.575. The lowest BCUT2D eigenvalue weighted by atomic mass is 10.2. The molecule has 110 valence electrons. The van der Waals surface area contributed by atoms with Gasteiger partial charge in [-0.25, -0.2) is 4.99 Å². The molecule has 0 spiro atoms. The fraction of sp³-hybridized carbons (Fsp3) is 0.312. The van der Waals surface area contributed by atoms with Crippen LogP contribution in [-0.2, 0) is 11.3 Å². The highest BCUT2D eigenvalue weighted by molar-refractivity contribution is 7.12. The van der Waals surface area contributed by atoms with Gasteiger partial charge in [-0.15, -0.1) is 11.3 Å². The summed E-state index contributed by atoms with van der Waals surface area (Å²) in [4.78, 5) is 7.87. The smallest absolute Gasteiger partial charge is 0.141 e. The Balaban J connectivity index is 1.65. The molecule has 2 aromatic rings. The highest BCUT2D eigenvalue weighted by atomic mass is 32.1. The Morgan fingerprint density at radius 2 is 1.95 bits per heavy atom. The minimum atomic E-state index is 0.575. The van der Waals surface area contributed by atoms with Crippen molar-refractivity contribution in [3.05, 3.63) is 52.2 Å². The molecule has 5 heteroatoms. The first-order valence-corrected chi connectivity index (χ1v) is 7.96. The van der Waals surface area contributed by atoms with E-state index in [1.807, 2.05) is 29.6 Å². The van der Waals surface area contributed by atoms with E-state index < -0.39 is 0 Å². The number of rotatable bonds is 4. The van der Waals surface area contributed by atoms with Gasteiger partial charge in [0.1, 0.15) is 5.84 Å². The van der Waals surface area contributed by atoms with Crippen molar-refractivity contribution >= 4 is 22.9 Å². The second-order valence-corrected chi connectivity index (χ2v) is 5.98. The molecule has 1 saturated heterocycles. The minimum Gasteiger partial charge on any atom is -0.383 e. The zero-order chi connectivity index (χ0) is 14.5. The first kappa shape index (κ1) is 14.3. The third kappa shape index (κ3) is 3.91. The summed E-state index contributed by atoms with van der Waals surface area (Å²) in [6.45, 7) is 4.64. The Morgan fingerprint density at radius 1 is 1.19 bits per heavy atom. The number of nitrogens with zero attached hydrogens (tertiary/aromatic N) is 2. The summed E-state index contributed by atoms with van der Waals surface area (Å²) in [6.07, 6.45) is 0. The predicted octanol–water partition coefficient (Wildman–Crippen LogP) is 2.62. The summed E-state index contributed by atoms with van der Waals surface area (Å²) in [6, 6.07) is 12.3. The lowest BCUT2D eigenvalue weighted by Crippen LogP contribution is -2.35. The number of amidine groups is 1. The number of hydrogen-bond acceptors (Lipinski definition) is 4. The van der Waals surface area contributed by atoms with E-state index in [9.17, 15) is 0 Å². The lowest BCUT2D eigenvalue weighted by Gasteiger charge is -2.26. The van der Waals surface area contributed by atoms with E-state index in [-0.39, 0.29) is 0 Å². The van der Waals surface area contributed by atoms with Gasteiger partial charge in [0.15, 0.2) is 0 Å². The zero-order valence-electron chi connectivity index (χ0n) is 11.9. The van der Waals surface area contributed by atoms with Crippen LogP contribution in [0.1, 0.15) is 10.4 Å². The molecule has 3 rings (SSSR count). The summed E-state index contributed by atoms with van der Waals surface area (Å²) in [7, 11) is 0. The number of hydrogen-bond donors (Lipinski definition) is 1. The molecule has 1 aliphatic rings. The summed E-state index contributed by atoms with van der Waals surface area (Å²) >= 11 is 1.60. The molecule has 0 atom stereocenters. The van der Waals surface area contributed by atoms with Crippen molar-refractivity contribution in [2.45, 2.75) is 6.54 Å². The van der Waals surface area contributed by atoms with Gasteiger partial charge >= 0.3 is 0 Å². The molecule has 0 radical (unpaired) electrons. The topological polar surface area (TPSA) is 50.8 Å². The molecule has 0 saturated carbocycles. The normalized spacial score (nSPS) is 17.0. The van der Waals surface area contributed by atoms with E-state index in [4.69, 9.17) is 10.5 Å². The number of aliphatic imine (C=N–C) groups is 1. The molecule has 4 nitrogen and oxygen atoms in total. The third-order valence-electron chi connectivity index (χ3n) is 3.47. The second-order valence-electron chi connectivity index (χ2n) is 5.03. The van der Waals surface area contributed by atoms with Gasteiger partial charge in [0, 0.05) is 19.6 Å². The van der Waals surface area contributed by atoms with Gasteiger partial charge in [0.25, 0.3) is 0 Å². The van der Waals surface area contributed by atoms with Crippen molar-refractivity contribution in [3.8, 4) is 0 Å². The van der Waals surface area contributed by atoms with Crippen LogP contribution in [0.5, 0.6) is 0 Å². The Hall–Kier alpha value is -1.69. The quantitative estimate of drug-likeness (QED) is 0.697. The highest BCUT2D eigenvalue weighted by Crippen LogP contribution is 2.17. The summed E-state index contributed by atoms with van der Waals surface area (Å²) < 4.78 is 5.36. The average molecular weight is 301 g/mol. The first-order valence-electron chi connectivity index (χ1n) is 7.08. The standard InChI is InChI=1S/C16H19N3OS/c17-16(15-2-1-11-21-15)18-14-5-3-13(4-6-14)12-19-7-9-20-10-8-19/h1-6,11H,7-10,12H2,(H2,17,18). The summed E-state index contributed by atoms with van der Waals surface area (Å²) in [5, 5.41) is 2.00. The monoisotopic (exact) mass is 301 g/mol. The van der Waals surface area contributed by atoms with Crippen LogP contribution in [0.4, 0.5) is 5.69 Å². The van der Waals surface area contributed by atoms with Crippen LogP contribution < -0.4 is 5.73 Å². The van der Waals surface area contributed by atoms with Crippen LogP contribution in [0.15, 0.2) is 46.8 Å². The maximum Gasteiger partial charge on any atom is 0.141 e. The van der Waals surface area contributed by atoms with Crippen molar-refractivity contribution in [2.24, 2.45) is 10.7 Å². The van der Waals surface area contributed by atoms with Crippen molar-refractivity contribution in [2.75, 3.05) is 26.3 Å². The zero-order valence-corrected chi connectivity index (χ0v) is 12.7. The Kier molecular flexibility index (Phi) is 4.65. The van der Waals surface area contributed by atoms with Gasteiger partial charge in [0.2, 0.25) is 0 Å². The minimum absolute atomic E-state index is 0.575. The van der Waals surface area contributed by atoms with Crippen molar-refractivity contribution in [1.82, 2.24) is 4.90 Å². The SMILES string of the molecule is NC(=Nc1ccc(CN2CCOCC2)cc1)c1cccs1. The number of ether oxygens (including phenoxy) is 1. The van der Waals surface area contributed by atoms with E-state index >= 15 is 0 Å². The molecule has 21 heavy (non-hydrogen) atoms. The molecule has 1 fully saturated rings. The van der Waals surface area contributed by atoms with Crippen LogP contribution in [0, 0.1) is 0 Å². The van der Waals surface area contributed by atoms with Crippen LogP contribution in [0.25, 0.3) is 0 Å². The van der Waals surface area contributed by atoms with Crippen molar-refractivity contribution in [1.29, 1.82) is 0 Å². The van der Waals surface area contributed by atoms with Gasteiger partial charge in [-0.1, -0.05) is 18.2 Å². The fourth-order valence-corrected chi connectivity index (χ4v) is 2.94. The molecule has 0 aliphatic carbocycles. The van der Waals surface area contributed by atoms with Crippen molar-refractivity contribution < 1.29 is 4.74 Å². The molecule has 0 bridgehead atoms. The van der Waals surface area contributed by atoms with Crippen LogP contribution >= 0.6 is 11.3 Å². The average Bonchev–Trinajstić information content (AvgIpc) is 3.05. The molecule has 0 amide bonds. The maximum atomic E-state index is 6.00. The molecule has 1 aromatic heterocycles. The number of nitrogens with two attached hydrogens (primary N) is 1. The molecule has 2 heterocycles. The highest BCUT2D eigenvalue weighted by Gasteiger charge is 2.10. The van der Waals surface area contributed by atoms with E-state index in [0.717, 1.165) is 43.4 Å². The van der Waals surface area contributed by atoms with Crippen LogP contribution in [0.2, 0.25) is 0 Å². The van der Waals surface area contributed by atoms with Crippen LogP contribution in [0.3, 0.4) is 0 Å². The molecule has 1 aromatic carbocycles. The van der Waals surface area contributed by atoms with E-state index in [0.29, 0.717) is 5.84 Å². The van der Waals surface area contributed by atoms with Gasteiger partial charge in [0.05, 0.1) is 23.8 Å². The first-order chi connectivity index (χ1) is 10.3. The molecule has 0 unspecified atom stereocenters. The Morgan fingerprint density at radius 3 is 2.62 bits per heavy atom. The van der Waals surface area contributed by atoms with Gasteiger partial charge in [-0.3, -0.25) is 4.90 Å². The van der Waals surface area contributed by atoms with Gasteiger partial charge in [-0.05, 0) is 29.1 Å². The van der Waals surface area contributed by atoms with Gasteiger partial charge < -0.3 is 10.5 Å². The number of thiophene rings is 1. The Labute approximate surface area is 128 Å². The maximum absolute atomic E-state index is 6.00. The number of morpholine rings is 1. The van der Waals surface area contributed by atoms with E-state index in [1.165, 1.54) is 5.56 Å². The number of benzene rings is 1. The third-order valence-corrected chi connectivity index (χ3v) is 4.36. The molecule has 1 aliphatic heterocycles. The molecule has 2 N–H and O–H groups in total. The Bertz CT molecular complexity index is 586. The summed E-state index contributed by atoms with van der Waals surface area (Å²) in [5.41, 5.74) is 8.19. The molecular weight excluding hydrogens is 282 g/mol. The fourth-order valence-electron chi connectivity index (χ4n) is 2.31. The van der Waals surface area contributed by atoms with Crippen LogP contribution in [-0.4, -0.2) is 37.0 Å². The second kappa shape index (κ2) is 6.85. The molecular formula is C16H19N3OS. The van der Waals surface area contributed by atoms with E-state index in [1.54, 1.807) is 11.3 Å².